The molecule has 0 aliphatic heterocycles. The van der Waals surface area contributed by atoms with E-state index in [0.717, 1.165) is 0 Å². The number of pyridine rings is 1. The number of anilines is 2. The number of hydrogen-bond donors (Lipinski definition) is 4. The van der Waals surface area contributed by atoms with Crippen LogP contribution in [0.1, 0.15) is 13.8 Å². The number of nitrogens with two attached hydrogens (primary N) is 1. The number of aliphatic hydroxyl groups is 1. The lowest BCUT2D eigenvalue weighted by molar-refractivity contribution is -0.384. The summed E-state index contributed by atoms with van der Waals surface area (Å²) in [6, 6.07) is 2.69. The summed E-state index contributed by atoms with van der Waals surface area (Å²) in [4.78, 5) is 14.2. The topological polar surface area (TPSA) is 126 Å². The highest BCUT2D eigenvalue weighted by atomic mass is 16.6. The average molecular weight is 241 g/mol. The zero-order valence-corrected chi connectivity index (χ0v) is 9.60. The third-order valence-corrected chi connectivity index (χ3v) is 2.07. The number of nitrogens with one attached hydrogen (secondary N) is 2. The Balaban J connectivity index is 3.13. The van der Waals surface area contributed by atoms with Crippen molar-refractivity contribution < 1.29 is 10.0 Å². The van der Waals surface area contributed by atoms with Gasteiger partial charge in [0.2, 0.25) is 5.82 Å². The molecular formula is C9H15N5O3. The van der Waals surface area contributed by atoms with Crippen LogP contribution in [0.5, 0.6) is 0 Å². The SMILES string of the molecule is CC(C)(CO)Nc1nc(NN)ccc1[N+](=O)[O-]. The molecule has 1 aromatic rings. The first-order valence-electron chi connectivity index (χ1n) is 4.91. The van der Waals surface area contributed by atoms with Crippen molar-refractivity contribution in [2.45, 2.75) is 19.4 Å². The molecule has 17 heavy (non-hydrogen) atoms. The molecule has 0 aliphatic carbocycles. The predicted octanol–water partition coefficient (Wildman–Crippen LogP) is 0.458. The summed E-state index contributed by atoms with van der Waals surface area (Å²) in [5.74, 6) is 5.54. The number of rotatable bonds is 5. The van der Waals surface area contributed by atoms with E-state index < -0.39 is 10.5 Å². The van der Waals surface area contributed by atoms with Crippen molar-refractivity contribution in [2.24, 2.45) is 5.84 Å². The molecule has 0 unspecified atom stereocenters. The predicted molar refractivity (Wildman–Crippen MR) is 63.5 cm³/mol. The van der Waals surface area contributed by atoms with E-state index in [1.807, 2.05) is 0 Å². The van der Waals surface area contributed by atoms with E-state index in [4.69, 9.17) is 10.9 Å². The largest absolute Gasteiger partial charge is 0.394 e. The maximum absolute atomic E-state index is 10.8. The molecule has 0 amide bonds. The highest BCUT2D eigenvalue weighted by Crippen LogP contribution is 2.26. The zero-order valence-electron chi connectivity index (χ0n) is 9.60. The monoisotopic (exact) mass is 241 g/mol. The van der Waals surface area contributed by atoms with Gasteiger partial charge in [-0.3, -0.25) is 10.1 Å². The number of hydrazine groups is 1. The van der Waals surface area contributed by atoms with E-state index in [1.165, 1.54) is 12.1 Å². The molecule has 8 heteroatoms. The molecule has 0 saturated carbocycles. The normalized spacial score (nSPS) is 11.1. The fourth-order valence-corrected chi connectivity index (χ4v) is 1.13. The van der Waals surface area contributed by atoms with Gasteiger partial charge in [-0.15, -0.1) is 0 Å². The van der Waals surface area contributed by atoms with Crippen molar-refractivity contribution in [1.82, 2.24) is 4.98 Å². The quantitative estimate of drug-likeness (QED) is 0.335. The van der Waals surface area contributed by atoms with Gasteiger partial charge in [0.25, 0.3) is 0 Å². The van der Waals surface area contributed by atoms with Gasteiger partial charge in [-0.05, 0) is 19.9 Å². The zero-order chi connectivity index (χ0) is 13.1. The number of nitrogen functional groups attached to an aromatic ring is 1. The number of hydrogen-bond acceptors (Lipinski definition) is 7. The van der Waals surface area contributed by atoms with Crippen molar-refractivity contribution in [3.8, 4) is 0 Å². The molecule has 0 atom stereocenters. The first kappa shape index (κ1) is 13.1. The van der Waals surface area contributed by atoms with Gasteiger partial charge >= 0.3 is 5.69 Å². The molecule has 0 aromatic carbocycles. The van der Waals surface area contributed by atoms with Crippen molar-refractivity contribution in [3.05, 3.63) is 22.2 Å². The van der Waals surface area contributed by atoms with E-state index in [0.29, 0.717) is 5.82 Å². The Bertz CT molecular complexity index is 421. The van der Waals surface area contributed by atoms with Gasteiger partial charge in [0, 0.05) is 6.07 Å². The Morgan fingerprint density at radius 1 is 1.59 bits per heavy atom. The standard InChI is InChI=1S/C9H15N5O3/c1-9(2,5-15)12-8-6(14(16)17)3-4-7(11-8)13-10/h3-4,15H,5,10H2,1-2H3,(H2,11,12,13). The van der Waals surface area contributed by atoms with Gasteiger partial charge in [-0.2, -0.15) is 0 Å². The number of aliphatic hydroxyl groups excluding tert-OH is 1. The van der Waals surface area contributed by atoms with Gasteiger partial charge < -0.3 is 15.8 Å². The Morgan fingerprint density at radius 3 is 2.71 bits per heavy atom. The summed E-state index contributed by atoms with van der Waals surface area (Å²) in [5, 5.41) is 22.7. The van der Waals surface area contributed by atoms with Crippen LogP contribution in [0.25, 0.3) is 0 Å². The Labute approximate surface area is 98.0 Å². The summed E-state index contributed by atoms with van der Waals surface area (Å²) in [7, 11) is 0. The van der Waals surface area contributed by atoms with Crippen LogP contribution in [-0.4, -0.2) is 27.2 Å². The molecule has 1 heterocycles. The second-order valence-electron chi connectivity index (χ2n) is 4.13. The minimum absolute atomic E-state index is 0.0597. The minimum Gasteiger partial charge on any atom is -0.394 e. The Kier molecular flexibility index (Phi) is 3.81. The average Bonchev–Trinajstić information content (AvgIpc) is 2.28. The lowest BCUT2D eigenvalue weighted by atomic mass is 10.1. The summed E-state index contributed by atoms with van der Waals surface area (Å²) < 4.78 is 0. The molecule has 0 saturated heterocycles. The smallest absolute Gasteiger partial charge is 0.311 e. The lowest BCUT2D eigenvalue weighted by Crippen LogP contribution is -2.35. The first-order chi connectivity index (χ1) is 7.89. The summed E-state index contributed by atoms with van der Waals surface area (Å²) in [5.41, 5.74) is 1.41. The molecule has 8 nitrogen and oxygen atoms in total. The second-order valence-corrected chi connectivity index (χ2v) is 4.13. The fraction of sp³-hybridized carbons (Fsp3) is 0.444. The van der Waals surface area contributed by atoms with E-state index in [9.17, 15) is 10.1 Å². The highest BCUT2D eigenvalue weighted by Gasteiger charge is 2.23. The number of aromatic nitrogens is 1. The third kappa shape index (κ3) is 3.26. The van der Waals surface area contributed by atoms with Crippen molar-refractivity contribution in [1.29, 1.82) is 0 Å². The molecule has 5 N–H and O–H groups in total. The van der Waals surface area contributed by atoms with Crippen molar-refractivity contribution in [2.75, 3.05) is 17.3 Å². The van der Waals surface area contributed by atoms with Gasteiger partial charge in [-0.25, -0.2) is 10.8 Å². The number of nitro groups is 1. The molecule has 1 aromatic heterocycles. The summed E-state index contributed by atoms with van der Waals surface area (Å²) in [6.45, 7) is 3.20. The van der Waals surface area contributed by atoms with Crippen LogP contribution in [-0.2, 0) is 0 Å². The van der Waals surface area contributed by atoms with E-state index in [-0.39, 0.29) is 18.1 Å². The molecule has 0 bridgehead atoms. The van der Waals surface area contributed by atoms with Gasteiger partial charge in [0.15, 0.2) is 0 Å². The molecular weight excluding hydrogens is 226 g/mol. The number of nitrogens with zero attached hydrogens (tertiary/aromatic N) is 2. The van der Waals surface area contributed by atoms with Crippen molar-refractivity contribution in [3.63, 3.8) is 0 Å². The van der Waals surface area contributed by atoms with E-state index in [1.54, 1.807) is 13.8 Å². The van der Waals surface area contributed by atoms with Gasteiger partial charge in [-0.1, -0.05) is 0 Å². The van der Waals surface area contributed by atoms with E-state index in [2.05, 4.69) is 15.7 Å². The second kappa shape index (κ2) is 4.93. The molecule has 0 aliphatic rings. The van der Waals surface area contributed by atoms with Crippen LogP contribution >= 0.6 is 0 Å². The van der Waals surface area contributed by atoms with Crippen LogP contribution in [0.15, 0.2) is 12.1 Å². The Morgan fingerprint density at radius 2 is 2.24 bits per heavy atom. The summed E-state index contributed by atoms with van der Waals surface area (Å²) in [6.07, 6.45) is 0. The fourth-order valence-electron chi connectivity index (χ4n) is 1.13. The van der Waals surface area contributed by atoms with E-state index >= 15 is 0 Å². The Hall–Kier alpha value is -1.93. The first-order valence-corrected chi connectivity index (χ1v) is 4.91. The van der Waals surface area contributed by atoms with Gasteiger partial charge in [0.05, 0.1) is 17.1 Å². The van der Waals surface area contributed by atoms with Crippen LogP contribution in [0.3, 0.4) is 0 Å². The molecule has 0 fully saturated rings. The molecule has 0 spiro atoms. The highest BCUT2D eigenvalue weighted by molar-refractivity contribution is 5.60. The maximum atomic E-state index is 10.8. The van der Waals surface area contributed by atoms with Gasteiger partial charge in [0.1, 0.15) is 5.82 Å². The molecule has 0 radical (unpaired) electrons. The molecule has 94 valence electrons. The van der Waals surface area contributed by atoms with Crippen LogP contribution in [0, 0.1) is 10.1 Å². The van der Waals surface area contributed by atoms with Crippen LogP contribution in [0.4, 0.5) is 17.3 Å². The minimum atomic E-state index is -0.717. The maximum Gasteiger partial charge on any atom is 0.311 e. The lowest BCUT2D eigenvalue weighted by Gasteiger charge is -2.24. The van der Waals surface area contributed by atoms with Crippen LogP contribution in [0.2, 0.25) is 0 Å². The van der Waals surface area contributed by atoms with Crippen molar-refractivity contribution >= 4 is 17.3 Å². The van der Waals surface area contributed by atoms with Crippen LogP contribution < -0.4 is 16.6 Å². The summed E-state index contributed by atoms with van der Waals surface area (Å²) >= 11 is 0. The molecule has 1 rings (SSSR count). The third-order valence-electron chi connectivity index (χ3n) is 2.07.